The molecule has 0 saturated carbocycles. The SMILES string of the molecule is Brc1cccc(-n2cnc3cc(-c4ccccc4)ccc32)c1. The Labute approximate surface area is 137 Å². The molecule has 0 spiro atoms. The number of benzene rings is 3. The second-order valence-electron chi connectivity index (χ2n) is 5.16. The van der Waals surface area contributed by atoms with Crippen molar-refractivity contribution in [3.8, 4) is 16.8 Å². The van der Waals surface area contributed by atoms with Crippen LogP contribution in [-0.2, 0) is 0 Å². The van der Waals surface area contributed by atoms with Gasteiger partial charge in [-0.15, -0.1) is 0 Å². The third-order valence-electron chi connectivity index (χ3n) is 3.74. The van der Waals surface area contributed by atoms with Crippen LogP contribution >= 0.6 is 15.9 Å². The normalized spacial score (nSPS) is 11.0. The number of nitrogens with zero attached hydrogens (tertiary/aromatic N) is 2. The quantitative estimate of drug-likeness (QED) is 0.470. The molecule has 0 saturated heterocycles. The molecule has 4 rings (SSSR count). The first kappa shape index (κ1) is 13.3. The van der Waals surface area contributed by atoms with Gasteiger partial charge in [-0.3, -0.25) is 4.57 Å². The number of halogens is 1. The standard InChI is InChI=1S/C19H13BrN2/c20-16-7-4-8-17(12-16)22-13-21-18-11-15(9-10-19(18)22)14-5-2-1-3-6-14/h1-13H. The smallest absolute Gasteiger partial charge is 0.100 e. The monoisotopic (exact) mass is 348 g/mol. The highest BCUT2D eigenvalue weighted by molar-refractivity contribution is 9.10. The molecule has 0 unspecified atom stereocenters. The van der Waals surface area contributed by atoms with Crippen LogP contribution in [0.1, 0.15) is 0 Å². The maximum absolute atomic E-state index is 4.56. The van der Waals surface area contributed by atoms with Gasteiger partial charge in [-0.25, -0.2) is 4.98 Å². The van der Waals surface area contributed by atoms with Crippen molar-refractivity contribution in [3.63, 3.8) is 0 Å². The Kier molecular flexibility index (Phi) is 3.28. The molecule has 0 atom stereocenters. The van der Waals surface area contributed by atoms with E-state index in [0.717, 1.165) is 21.2 Å². The van der Waals surface area contributed by atoms with E-state index in [2.05, 4.69) is 80.1 Å². The van der Waals surface area contributed by atoms with Crippen LogP contribution in [0.25, 0.3) is 27.8 Å². The molecule has 1 aromatic heterocycles. The van der Waals surface area contributed by atoms with Crippen molar-refractivity contribution in [2.45, 2.75) is 0 Å². The van der Waals surface area contributed by atoms with Gasteiger partial charge in [-0.2, -0.15) is 0 Å². The van der Waals surface area contributed by atoms with Gasteiger partial charge in [0.05, 0.1) is 11.0 Å². The average Bonchev–Trinajstić information content (AvgIpc) is 2.99. The number of aromatic nitrogens is 2. The molecule has 22 heavy (non-hydrogen) atoms. The summed E-state index contributed by atoms with van der Waals surface area (Å²) in [7, 11) is 0. The van der Waals surface area contributed by atoms with E-state index in [1.54, 1.807) is 0 Å². The van der Waals surface area contributed by atoms with Crippen LogP contribution in [0.5, 0.6) is 0 Å². The van der Waals surface area contributed by atoms with Gasteiger partial charge in [0.2, 0.25) is 0 Å². The number of hydrogen-bond donors (Lipinski definition) is 0. The molecular formula is C19H13BrN2. The number of hydrogen-bond acceptors (Lipinski definition) is 1. The molecule has 0 amide bonds. The molecule has 0 radical (unpaired) electrons. The molecule has 0 N–H and O–H groups in total. The highest BCUT2D eigenvalue weighted by Crippen LogP contribution is 2.26. The van der Waals surface area contributed by atoms with Gasteiger partial charge in [0.25, 0.3) is 0 Å². The van der Waals surface area contributed by atoms with Crippen molar-refractivity contribution in [2.24, 2.45) is 0 Å². The van der Waals surface area contributed by atoms with Gasteiger partial charge in [0, 0.05) is 10.2 Å². The van der Waals surface area contributed by atoms with Crippen LogP contribution in [-0.4, -0.2) is 9.55 Å². The van der Waals surface area contributed by atoms with E-state index in [9.17, 15) is 0 Å². The van der Waals surface area contributed by atoms with Crippen molar-refractivity contribution in [1.82, 2.24) is 9.55 Å². The first-order valence-corrected chi connectivity index (χ1v) is 7.89. The summed E-state index contributed by atoms with van der Waals surface area (Å²) in [5.74, 6) is 0. The summed E-state index contributed by atoms with van der Waals surface area (Å²) in [5, 5.41) is 0. The van der Waals surface area contributed by atoms with Gasteiger partial charge >= 0.3 is 0 Å². The molecule has 4 aromatic rings. The van der Waals surface area contributed by atoms with Gasteiger partial charge < -0.3 is 0 Å². The summed E-state index contributed by atoms with van der Waals surface area (Å²) in [4.78, 5) is 4.56. The zero-order chi connectivity index (χ0) is 14.9. The lowest BCUT2D eigenvalue weighted by Gasteiger charge is -2.06. The Hall–Kier alpha value is -2.39. The molecule has 0 aliphatic carbocycles. The largest absolute Gasteiger partial charge is 0.299 e. The molecule has 0 fully saturated rings. The van der Waals surface area contributed by atoms with Crippen LogP contribution in [0.2, 0.25) is 0 Å². The molecule has 0 aliphatic rings. The van der Waals surface area contributed by atoms with Crippen LogP contribution in [0.4, 0.5) is 0 Å². The molecular weight excluding hydrogens is 336 g/mol. The van der Waals surface area contributed by atoms with E-state index >= 15 is 0 Å². The maximum Gasteiger partial charge on any atom is 0.100 e. The highest BCUT2D eigenvalue weighted by atomic mass is 79.9. The lowest BCUT2D eigenvalue weighted by Crippen LogP contribution is -1.91. The minimum absolute atomic E-state index is 1.00. The fraction of sp³-hybridized carbons (Fsp3) is 0. The summed E-state index contributed by atoms with van der Waals surface area (Å²) in [6.45, 7) is 0. The lowest BCUT2D eigenvalue weighted by atomic mass is 10.1. The fourth-order valence-corrected chi connectivity index (χ4v) is 3.04. The zero-order valence-electron chi connectivity index (χ0n) is 11.8. The molecule has 2 nitrogen and oxygen atoms in total. The zero-order valence-corrected chi connectivity index (χ0v) is 13.4. The first-order chi connectivity index (χ1) is 10.8. The summed E-state index contributed by atoms with van der Waals surface area (Å²) in [6, 6.07) is 25.0. The molecule has 0 bridgehead atoms. The predicted molar refractivity (Wildman–Crippen MR) is 94.2 cm³/mol. The molecule has 0 aliphatic heterocycles. The average molecular weight is 349 g/mol. The van der Waals surface area contributed by atoms with Crippen molar-refractivity contribution in [2.75, 3.05) is 0 Å². The summed E-state index contributed by atoms with van der Waals surface area (Å²) >= 11 is 3.52. The number of fused-ring (bicyclic) bond motifs is 1. The van der Waals surface area contributed by atoms with E-state index in [4.69, 9.17) is 0 Å². The minimum Gasteiger partial charge on any atom is -0.299 e. The van der Waals surface area contributed by atoms with E-state index in [-0.39, 0.29) is 0 Å². The maximum atomic E-state index is 4.56. The predicted octanol–water partition coefficient (Wildman–Crippen LogP) is 5.46. The topological polar surface area (TPSA) is 17.8 Å². The van der Waals surface area contributed by atoms with Crippen molar-refractivity contribution in [3.05, 3.63) is 83.6 Å². The van der Waals surface area contributed by atoms with E-state index in [1.165, 1.54) is 11.1 Å². The molecule has 1 heterocycles. The Morgan fingerprint density at radius 1 is 0.773 bits per heavy atom. The van der Waals surface area contributed by atoms with Crippen molar-refractivity contribution < 1.29 is 0 Å². The summed E-state index contributed by atoms with van der Waals surface area (Å²) in [5.41, 5.74) is 5.61. The summed E-state index contributed by atoms with van der Waals surface area (Å²) in [6.07, 6.45) is 1.88. The van der Waals surface area contributed by atoms with Crippen LogP contribution in [0, 0.1) is 0 Å². The number of imidazole rings is 1. The summed E-state index contributed by atoms with van der Waals surface area (Å²) < 4.78 is 3.17. The second-order valence-corrected chi connectivity index (χ2v) is 6.08. The molecule has 106 valence electrons. The van der Waals surface area contributed by atoms with Gasteiger partial charge in [-0.1, -0.05) is 58.4 Å². The third-order valence-corrected chi connectivity index (χ3v) is 4.23. The van der Waals surface area contributed by atoms with Crippen LogP contribution in [0.3, 0.4) is 0 Å². The van der Waals surface area contributed by atoms with Crippen LogP contribution < -0.4 is 0 Å². The molecule has 3 heteroatoms. The van der Waals surface area contributed by atoms with Gasteiger partial charge in [-0.05, 0) is 41.5 Å². The van der Waals surface area contributed by atoms with E-state index < -0.39 is 0 Å². The van der Waals surface area contributed by atoms with Gasteiger partial charge in [0.1, 0.15) is 6.33 Å². The first-order valence-electron chi connectivity index (χ1n) is 7.10. The van der Waals surface area contributed by atoms with Crippen molar-refractivity contribution in [1.29, 1.82) is 0 Å². The van der Waals surface area contributed by atoms with Crippen LogP contribution in [0.15, 0.2) is 83.6 Å². The lowest BCUT2D eigenvalue weighted by molar-refractivity contribution is 1.09. The van der Waals surface area contributed by atoms with E-state index in [0.29, 0.717) is 0 Å². The van der Waals surface area contributed by atoms with Gasteiger partial charge in [0.15, 0.2) is 0 Å². The Balaban J connectivity index is 1.84. The van der Waals surface area contributed by atoms with E-state index in [1.807, 2.05) is 24.5 Å². The Bertz CT molecular complexity index is 942. The van der Waals surface area contributed by atoms with Crippen molar-refractivity contribution >= 4 is 27.0 Å². The Morgan fingerprint density at radius 3 is 2.45 bits per heavy atom. The third kappa shape index (κ3) is 2.34. The second kappa shape index (κ2) is 5.43. The Morgan fingerprint density at radius 2 is 1.64 bits per heavy atom. The number of rotatable bonds is 2. The molecule has 3 aromatic carbocycles. The highest BCUT2D eigenvalue weighted by Gasteiger charge is 2.06. The minimum atomic E-state index is 1.00. The fourth-order valence-electron chi connectivity index (χ4n) is 2.65.